The minimum absolute atomic E-state index is 0.288. The number of guanidine groups is 1. The number of rotatable bonds is 8. The van der Waals surface area contributed by atoms with Crippen LogP contribution in [0.25, 0.3) is 0 Å². The number of likely N-dealkylation sites (tertiary alicyclic amines) is 1. The fourth-order valence-corrected chi connectivity index (χ4v) is 5.91. The molecule has 0 unspecified atom stereocenters. The van der Waals surface area contributed by atoms with Gasteiger partial charge < -0.3 is 15.3 Å². The summed E-state index contributed by atoms with van der Waals surface area (Å²) in [5.41, 5.74) is 0. The second-order valence-electron chi connectivity index (χ2n) is 6.18. The number of β-amino-alcohol motifs (C(OH)–C–C–N with tert-alkyl or cyclic N) is 1. The molecule has 1 aromatic heterocycles. The third-order valence-corrected chi connectivity index (χ3v) is 8.02. The van der Waals surface area contributed by atoms with E-state index < -0.39 is 10.0 Å². The minimum Gasteiger partial charge on any atom is -0.391 e. The highest BCUT2D eigenvalue weighted by Gasteiger charge is 2.24. The summed E-state index contributed by atoms with van der Waals surface area (Å²) < 4.78 is 27.0. The molecule has 0 amide bonds. The largest absolute Gasteiger partial charge is 0.391 e. The molecule has 1 aliphatic heterocycles. The summed E-state index contributed by atoms with van der Waals surface area (Å²) in [6, 6.07) is 3.57. The molecule has 0 saturated carbocycles. The van der Waals surface area contributed by atoms with E-state index in [-0.39, 0.29) is 6.10 Å². The Kier molecular flexibility index (Phi) is 7.87. The van der Waals surface area contributed by atoms with Crippen LogP contribution in [0.3, 0.4) is 0 Å². The van der Waals surface area contributed by atoms with Crippen LogP contribution in [-0.4, -0.2) is 74.1 Å². The third kappa shape index (κ3) is 5.18. The van der Waals surface area contributed by atoms with E-state index >= 15 is 0 Å². The Morgan fingerprint density at radius 2 is 2.12 bits per heavy atom. The molecule has 0 aliphatic carbocycles. The molecule has 1 saturated heterocycles. The van der Waals surface area contributed by atoms with Gasteiger partial charge >= 0.3 is 0 Å². The van der Waals surface area contributed by atoms with Gasteiger partial charge in [0.2, 0.25) is 0 Å². The number of thiophene rings is 1. The molecule has 1 aliphatic rings. The standard InChI is InChI=1S/C17H30N4O3S2/c1-4-18-17(20-12-10-14(22)13-20)19-11-9-15-7-8-16(25-15)26(23,24)21(5-2)6-3/h7-8,14,22H,4-6,9-13H2,1-3H3,(H,18,19)/t14-/m1/s1. The Hall–Kier alpha value is -1.16. The van der Waals surface area contributed by atoms with Gasteiger partial charge in [0.1, 0.15) is 4.21 Å². The van der Waals surface area contributed by atoms with E-state index in [1.807, 2.05) is 26.8 Å². The van der Waals surface area contributed by atoms with Crippen LogP contribution in [0, 0.1) is 0 Å². The Morgan fingerprint density at radius 3 is 2.69 bits per heavy atom. The van der Waals surface area contributed by atoms with Gasteiger partial charge in [-0.1, -0.05) is 13.8 Å². The van der Waals surface area contributed by atoms with Crippen LogP contribution in [-0.2, 0) is 16.4 Å². The average Bonchev–Trinajstić information content (AvgIpc) is 3.24. The Bertz CT molecular complexity index is 699. The molecular weight excluding hydrogens is 372 g/mol. The number of aliphatic hydroxyl groups is 1. The Labute approximate surface area is 160 Å². The fraction of sp³-hybridized carbons (Fsp3) is 0.706. The van der Waals surface area contributed by atoms with Crippen LogP contribution in [0.4, 0.5) is 0 Å². The summed E-state index contributed by atoms with van der Waals surface area (Å²) >= 11 is 1.32. The van der Waals surface area contributed by atoms with Crippen molar-refractivity contribution in [1.29, 1.82) is 0 Å². The molecule has 2 rings (SSSR count). The lowest BCUT2D eigenvalue weighted by molar-refractivity contribution is 0.188. The number of hydrogen-bond donors (Lipinski definition) is 2. The maximum absolute atomic E-state index is 12.5. The van der Waals surface area contributed by atoms with Gasteiger partial charge in [-0.05, 0) is 25.5 Å². The molecule has 1 atom stereocenters. The van der Waals surface area contributed by atoms with E-state index in [0.717, 1.165) is 30.3 Å². The second-order valence-corrected chi connectivity index (χ2v) is 9.52. The smallest absolute Gasteiger partial charge is 0.252 e. The first-order valence-corrected chi connectivity index (χ1v) is 11.5. The van der Waals surface area contributed by atoms with Gasteiger partial charge in [-0.15, -0.1) is 11.3 Å². The summed E-state index contributed by atoms with van der Waals surface area (Å²) in [4.78, 5) is 7.71. The first-order valence-electron chi connectivity index (χ1n) is 9.22. The summed E-state index contributed by atoms with van der Waals surface area (Å²) in [6.45, 7) is 9.44. The molecule has 1 fully saturated rings. The molecule has 0 bridgehead atoms. The minimum atomic E-state index is -3.38. The predicted octanol–water partition coefficient (Wildman–Crippen LogP) is 1.35. The van der Waals surface area contributed by atoms with E-state index in [9.17, 15) is 13.5 Å². The topological polar surface area (TPSA) is 85.2 Å². The number of nitrogens with zero attached hydrogens (tertiary/aromatic N) is 3. The van der Waals surface area contributed by atoms with Crippen LogP contribution in [0.15, 0.2) is 21.3 Å². The third-order valence-electron chi connectivity index (χ3n) is 4.35. The normalized spacial score (nSPS) is 18.7. The molecule has 148 valence electrons. The summed E-state index contributed by atoms with van der Waals surface area (Å²) in [5.74, 6) is 0.816. The highest BCUT2D eigenvalue weighted by atomic mass is 32.2. The SMILES string of the molecule is CCNC(=NCCc1ccc(S(=O)(=O)N(CC)CC)s1)N1CC[C@@H](O)C1. The van der Waals surface area contributed by atoms with Gasteiger partial charge in [0.05, 0.1) is 6.10 Å². The van der Waals surface area contributed by atoms with Gasteiger partial charge in [-0.25, -0.2) is 8.42 Å². The zero-order chi connectivity index (χ0) is 19.2. The van der Waals surface area contributed by atoms with E-state index in [1.165, 1.54) is 15.6 Å². The highest BCUT2D eigenvalue weighted by Crippen LogP contribution is 2.25. The second kappa shape index (κ2) is 9.68. The molecular formula is C17H30N4O3S2. The van der Waals surface area contributed by atoms with Crippen molar-refractivity contribution in [1.82, 2.24) is 14.5 Å². The number of aliphatic hydroxyl groups excluding tert-OH is 1. The van der Waals surface area contributed by atoms with E-state index in [1.54, 1.807) is 6.07 Å². The van der Waals surface area contributed by atoms with Crippen molar-refractivity contribution >= 4 is 27.3 Å². The van der Waals surface area contributed by atoms with Crippen LogP contribution < -0.4 is 5.32 Å². The van der Waals surface area contributed by atoms with E-state index in [2.05, 4.69) is 15.2 Å². The fourth-order valence-electron chi connectivity index (χ4n) is 2.95. The highest BCUT2D eigenvalue weighted by molar-refractivity contribution is 7.91. The predicted molar refractivity (Wildman–Crippen MR) is 106 cm³/mol. The zero-order valence-corrected chi connectivity index (χ0v) is 17.4. The van der Waals surface area contributed by atoms with Gasteiger partial charge in [0.25, 0.3) is 10.0 Å². The molecule has 0 spiro atoms. The van der Waals surface area contributed by atoms with Crippen molar-refractivity contribution in [3.05, 3.63) is 17.0 Å². The van der Waals surface area contributed by atoms with Crippen LogP contribution in [0.5, 0.6) is 0 Å². The lowest BCUT2D eigenvalue weighted by Crippen LogP contribution is -2.40. The number of nitrogens with one attached hydrogen (secondary N) is 1. The maximum Gasteiger partial charge on any atom is 0.252 e. The van der Waals surface area contributed by atoms with Gasteiger partial charge in [-0.3, -0.25) is 4.99 Å². The van der Waals surface area contributed by atoms with Crippen LogP contribution in [0.1, 0.15) is 32.1 Å². The van der Waals surface area contributed by atoms with Crippen molar-refractivity contribution < 1.29 is 13.5 Å². The number of hydrogen-bond acceptors (Lipinski definition) is 5. The molecule has 7 nitrogen and oxygen atoms in total. The van der Waals surface area contributed by atoms with Crippen molar-refractivity contribution in [3.63, 3.8) is 0 Å². The van der Waals surface area contributed by atoms with Crippen molar-refractivity contribution in [2.75, 3.05) is 39.3 Å². The van der Waals surface area contributed by atoms with Crippen molar-refractivity contribution in [3.8, 4) is 0 Å². The summed E-state index contributed by atoms with van der Waals surface area (Å²) in [5, 5.41) is 13.0. The first kappa shape index (κ1) is 21.1. The lowest BCUT2D eigenvalue weighted by atomic mass is 10.3. The lowest BCUT2D eigenvalue weighted by Gasteiger charge is -2.20. The van der Waals surface area contributed by atoms with Crippen molar-refractivity contribution in [2.24, 2.45) is 4.99 Å². The molecule has 2 heterocycles. The quantitative estimate of drug-likeness (QED) is 0.506. The van der Waals surface area contributed by atoms with Gasteiger partial charge in [0, 0.05) is 50.6 Å². The summed E-state index contributed by atoms with van der Waals surface area (Å²) in [6.07, 6.45) is 1.18. The number of aliphatic imine (C=N–C) groups is 1. The summed E-state index contributed by atoms with van der Waals surface area (Å²) in [7, 11) is -3.38. The molecule has 0 radical (unpaired) electrons. The van der Waals surface area contributed by atoms with Gasteiger partial charge in [-0.2, -0.15) is 4.31 Å². The molecule has 1 aromatic rings. The van der Waals surface area contributed by atoms with Crippen LogP contribution in [0.2, 0.25) is 0 Å². The van der Waals surface area contributed by atoms with E-state index in [4.69, 9.17) is 0 Å². The van der Waals surface area contributed by atoms with Crippen molar-refractivity contribution in [2.45, 2.75) is 43.9 Å². The maximum atomic E-state index is 12.5. The monoisotopic (exact) mass is 402 g/mol. The average molecular weight is 403 g/mol. The number of sulfonamides is 1. The first-order chi connectivity index (χ1) is 12.4. The molecule has 2 N–H and O–H groups in total. The molecule has 9 heteroatoms. The van der Waals surface area contributed by atoms with Crippen LogP contribution >= 0.6 is 11.3 Å². The Morgan fingerprint density at radius 1 is 1.38 bits per heavy atom. The molecule has 26 heavy (non-hydrogen) atoms. The van der Waals surface area contributed by atoms with E-state index in [0.29, 0.717) is 36.8 Å². The zero-order valence-electron chi connectivity index (χ0n) is 15.8. The Balaban J connectivity index is 2.00. The van der Waals surface area contributed by atoms with Gasteiger partial charge in [0.15, 0.2) is 5.96 Å². The molecule has 0 aromatic carbocycles.